The molecule has 0 saturated heterocycles. The molecule has 0 spiro atoms. The number of allylic oxidation sites excluding steroid dienone is 1. The second-order valence-corrected chi connectivity index (χ2v) is 4.98. The summed E-state index contributed by atoms with van der Waals surface area (Å²) in [6.07, 6.45) is 8.30. The molecule has 0 amide bonds. The summed E-state index contributed by atoms with van der Waals surface area (Å²) in [6.45, 7) is 4.38. The van der Waals surface area contributed by atoms with Crippen LogP contribution in [0.15, 0.2) is 11.6 Å². The van der Waals surface area contributed by atoms with Crippen molar-refractivity contribution in [3.05, 3.63) is 11.6 Å². The number of carbonyl (C=O) groups is 2. The Morgan fingerprint density at radius 3 is 2.79 bits per heavy atom. The van der Waals surface area contributed by atoms with Gasteiger partial charge in [0.15, 0.2) is 0 Å². The van der Waals surface area contributed by atoms with E-state index in [9.17, 15) is 9.59 Å². The average molecular weight is 267 g/mol. The zero-order valence-electron chi connectivity index (χ0n) is 12.0. The summed E-state index contributed by atoms with van der Waals surface area (Å²) in [5.41, 5.74) is 1.47. The summed E-state index contributed by atoms with van der Waals surface area (Å²) in [5, 5.41) is 3.16. The second kappa shape index (κ2) is 8.86. The van der Waals surface area contributed by atoms with E-state index in [-0.39, 0.29) is 18.2 Å². The van der Waals surface area contributed by atoms with Gasteiger partial charge in [0.2, 0.25) is 0 Å². The third-order valence-electron chi connectivity index (χ3n) is 3.39. The number of esters is 1. The molecule has 4 heteroatoms. The van der Waals surface area contributed by atoms with E-state index in [1.807, 2.05) is 0 Å². The van der Waals surface area contributed by atoms with Crippen LogP contribution in [0.25, 0.3) is 0 Å². The van der Waals surface area contributed by atoms with E-state index in [0.717, 1.165) is 13.0 Å². The van der Waals surface area contributed by atoms with Crippen LogP contribution >= 0.6 is 0 Å². The van der Waals surface area contributed by atoms with E-state index < -0.39 is 6.04 Å². The van der Waals surface area contributed by atoms with Crippen LogP contribution in [0.4, 0.5) is 0 Å². The molecule has 1 atom stereocenters. The number of ether oxygens (including phenoxy) is 1. The lowest BCUT2D eigenvalue weighted by atomic mass is 9.97. The Labute approximate surface area is 115 Å². The van der Waals surface area contributed by atoms with Crippen LogP contribution in [-0.2, 0) is 14.3 Å². The van der Waals surface area contributed by atoms with Gasteiger partial charge in [-0.05, 0) is 52.5 Å². The van der Waals surface area contributed by atoms with Crippen LogP contribution < -0.4 is 5.32 Å². The van der Waals surface area contributed by atoms with Crippen molar-refractivity contribution in [1.29, 1.82) is 0 Å². The van der Waals surface area contributed by atoms with E-state index in [4.69, 9.17) is 4.74 Å². The summed E-state index contributed by atoms with van der Waals surface area (Å²) in [5.74, 6) is -0.322. The Bertz CT molecular complexity index is 336. The lowest BCUT2D eigenvalue weighted by Gasteiger charge is -2.17. The Kier molecular flexibility index (Phi) is 7.41. The number of carbonyl (C=O) groups excluding carboxylic acids is 2. The highest BCUT2D eigenvalue weighted by Crippen LogP contribution is 2.19. The lowest BCUT2D eigenvalue weighted by molar-refractivity contribution is -0.145. The highest BCUT2D eigenvalue weighted by atomic mass is 16.5. The van der Waals surface area contributed by atoms with Gasteiger partial charge in [-0.25, -0.2) is 0 Å². The van der Waals surface area contributed by atoms with Crippen molar-refractivity contribution in [3.8, 4) is 0 Å². The van der Waals surface area contributed by atoms with Crippen LogP contribution in [0.2, 0.25) is 0 Å². The minimum atomic E-state index is -0.414. The van der Waals surface area contributed by atoms with E-state index in [2.05, 4.69) is 11.4 Å². The normalized spacial score (nSPS) is 16.6. The maximum atomic E-state index is 11.5. The fraction of sp³-hybridized carbons (Fsp3) is 0.733. The molecule has 108 valence electrons. The molecule has 0 radical (unpaired) electrons. The van der Waals surface area contributed by atoms with Crippen molar-refractivity contribution in [2.45, 2.75) is 58.4 Å². The number of nitrogens with one attached hydrogen (secondary N) is 1. The van der Waals surface area contributed by atoms with E-state index in [0.29, 0.717) is 6.61 Å². The fourth-order valence-electron chi connectivity index (χ4n) is 2.28. The van der Waals surface area contributed by atoms with Crippen LogP contribution in [0.1, 0.15) is 52.4 Å². The van der Waals surface area contributed by atoms with Crippen molar-refractivity contribution >= 4 is 11.8 Å². The number of hydrogen-bond acceptors (Lipinski definition) is 4. The molecular formula is C15H25NO3. The third kappa shape index (κ3) is 6.53. The summed E-state index contributed by atoms with van der Waals surface area (Å²) in [7, 11) is 0. The molecule has 0 aromatic carbocycles. The molecule has 4 nitrogen and oxygen atoms in total. The lowest BCUT2D eigenvalue weighted by Crippen LogP contribution is -2.38. The summed E-state index contributed by atoms with van der Waals surface area (Å²) in [4.78, 5) is 22.9. The molecule has 19 heavy (non-hydrogen) atoms. The number of rotatable bonds is 8. The van der Waals surface area contributed by atoms with Crippen molar-refractivity contribution < 1.29 is 14.3 Å². The standard InChI is InChI=1S/C15H25NO3/c1-3-19-15(18)11-14(12(2)17)16-10-9-13-7-5-4-6-8-13/h7,14,16H,3-6,8-11H2,1-2H3. The highest BCUT2D eigenvalue weighted by molar-refractivity contribution is 5.86. The van der Waals surface area contributed by atoms with Gasteiger partial charge in [0.25, 0.3) is 0 Å². The smallest absolute Gasteiger partial charge is 0.307 e. The monoisotopic (exact) mass is 267 g/mol. The van der Waals surface area contributed by atoms with Crippen molar-refractivity contribution in [1.82, 2.24) is 5.32 Å². The van der Waals surface area contributed by atoms with Crippen molar-refractivity contribution in [3.63, 3.8) is 0 Å². The maximum Gasteiger partial charge on any atom is 0.307 e. The first kappa shape index (κ1) is 15.9. The van der Waals surface area contributed by atoms with Gasteiger partial charge in [-0.1, -0.05) is 11.6 Å². The average Bonchev–Trinajstić information content (AvgIpc) is 2.39. The van der Waals surface area contributed by atoms with E-state index in [1.165, 1.54) is 38.2 Å². The Hall–Kier alpha value is -1.16. The third-order valence-corrected chi connectivity index (χ3v) is 3.39. The summed E-state index contributed by atoms with van der Waals surface area (Å²) in [6, 6.07) is -0.414. The predicted molar refractivity (Wildman–Crippen MR) is 74.9 cm³/mol. The van der Waals surface area contributed by atoms with Gasteiger partial charge < -0.3 is 10.1 Å². The zero-order valence-corrected chi connectivity index (χ0v) is 12.0. The molecule has 1 aliphatic rings. The van der Waals surface area contributed by atoms with Gasteiger partial charge in [0, 0.05) is 0 Å². The first-order chi connectivity index (χ1) is 9.13. The molecule has 0 aromatic rings. The van der Waals surface area contributed by atoms with Gasteiger partial charge in [0.1, 0.15) is 5.78 Å². The summed E-state index contributed by atoms with van der Waals surface area (Å²) < 4.78 is 4.88. The second-order valence-electron chi connectivity index (χ2n) is 4.98. The SMILES string of the molecule is CCOC(=O)CC(NCCC1=CCCCC1)C(C)=O. The highest BCUT2D eigenvalue weighted by Gasteiger charge is 2.18. The van der Waals surface area contributed by atoms with Crippen LogP contribution in [0.3, 0.4) is 0 Å². The number of Topliss-reactive ketones (excluding diaryl/α,β-unsaturated/α-hetero) is 1. The molecule has 0 aromatic heterocycles. The minimum Gasteiger partial charge on any atom is -0.466 e. The number of hydrogen-bond donors (Lipinski definition) is 1. The fourth-order valence-corrected chi connectivity index (χ4v) is 2.28. The Morgan fingerprint density at radius 1 is 1.42 bits per heavy atom. The zero-order chi connectivity index (χ0) is 14.1. The number of ketones is 1. The Morgan fingerprint density at radius 2 is 2.21 bits per heavy atom. The van der Waals surface area contributed by atoms with Gasteiger partial charge in [-0.2, -0.15) is 0 Å². The molecule has 1 aliphatic carbocycles. The largest absolute Gasteiger partial charge is 0.466 e. The van der Waals surface area contributed by atoms with E-state index in [1.54, 1.807) is 6.92 Å². The first-order valence-electron chi connectivity index (χ1n) is 7.20. The molecule has 1 rings (SSSR count). The first-order valence-corrected chi connectivity index (χ1v) is 7.20. The molecular weight excluding hydrogens is 242 g/mol. The molecule has 0 saturated carbocycles. The molecule has 0 aliphatic heterocycles. The molecule has 0 heterocycles. The quantitative estimate of drug-likeness (QED) is 0.542. The van der Waals surface area contributed by atoms with Crippen LogP contribution in [-0.4, -0.2) is 30.9 Å². The van der Waals surface area contributed by atoms with Crippen molar-refractivity contribution in [2.24, 2.45) is 0 Å². The maximum absolute atomic E-state index is 11.5. The van der Waals surface area contributed by atoms with Gasteiger partial charge in [-0.3, -0.25) is 9.59 Å². The summed E-state index contributed by atoms with van der Waals surface area (Å²) >= 11 is 0. The predicted octanol–water partition coefficient (Wildman–Crippen LogP) is 2.38. The van der Waals surface area contributed by atoms with E-state index >= 15 is 0 Å². The van der Waals surface area contributed by atoms with Crippen LogP contribution in [0, 0.1) is 0 Å². The van der Waals surface area contributed by atoms with Crippen molar-refractivity contribution in [2.75, 3.05) is 13.2 Å². The van der Waals surface area contributed by atoms with Crippen LogP contribution in [0.5, 0.6) is 0 Å². The minimum absolute atomic E-state index is 0.00863. The Balaban J connectivity index is 2.31. The van der Waals surface area contributed by atoms with Gasteiger partial charge in [0.05, 0.1) is 19.1 Å². The van der Waals surface area contributed by atoms with Gasteiger partial charge >= 0.3 is 5.97 Å². The molecule has 0 bridgehead atoms. The topological polar surface area (TPSA) is 55.4 Å². The molecule has 0 fully saturated rings. The molecule has 1 N–H and O–H groups in total. The van der Waals surface area contributed by atoms with Gasteiger partial charge in [-0.15, -0.1) is 0 Å². The molecule has 1 unspecified atom stereocenters.